The minimum Gasteiger partial charge on any atom is -0.350 e. The van der Waals surface area contributed by atoms with Gasteiger partial charge in [0.15, 0.2) is 0 Å². The minimum atomic E-state index is -0.207. The normalized spacial score (nSPS) is 11.9. The van der Waals surface area contributed by atoms with E-state index in [4.69, 9.17) is 21.9 Å². The maximum Gasteiger partial charge on any atom is 0.292 e. The maximum atomic E-state index is 12.4. The Labute approximate surface area is 153 Å². The summed E-state index contributed by atoms with van der Waals surface area (Å²) in [6, 6.07) is 8.95. The van der Waals surface area contributed by atoms with Gasteiger partial charge in [-0.05, 0) is 24.5 Å². The second-order valence-electron chi connectivity index (χ2n) is 6.01. The van der Waals surface area contributed by atoms with E-state index in [1.54, 1.807) is 30.1 Å². The average molecular weight is 372 g/mol. The summed E-state index contributed by atoms with van der Waals surface area (Å²) in [4.78, 5) is 14.0. The second kappa shape index (κ2) is 9.06. The van der Waals surface area contributed by atoms with E-state index in [0.717, 1.165) is 12.0 Å². The second-order valence-corrected chi connectivity index (χ2v) is 6.45. The molecule has 2 aromatic rings. The van der Waals surface area contributed by atoms with Crippen LogP contribution in [0.1, 0.15) is 30.8 Å². The molecule has 1 heterocycles. The lowest BCUT2D eigenvalue weighted by molar-refractivity contribution is 0.0748. The minimum absolute atomic E-state index is 0. The third-order valence-corrected chi connectivity index (χ3v) is 4.08. The highest BCUT2D eigenvalue weighted by Crippen LogP contribution is 2.22. The summed E-state index contributed by atoms with van der Waals surface area (Å²) in [7, 11) is 1.73. The highest BCUT2D eigenvalue weighted by atomic mass is 35.5. The molecule has 132 valence electrons. The van der Waals surface area contributed by atoms with Crippen LogP contribution < -0.4 is 5.73 Å². The van der Waals surface area contributed by atoms with Crippen molar-refractivity contribution in [3.63, 3.8) is 0 Å². The van der Waals surface area contributed by atoms with Crippen LogP contribution in [0.2, 0.25) is 5.02 Å². The lowest BCUT2D eigenvalue weighted by Gasteiger charge is -2.20. The number of benzene rings is 1. The molecule has 2 N–H and O–H groups in total. The van der Waals surface area contributed by atoms with Gasteiger partial charge in [-0.25, -0.2) is 0 Å². The number of hydrogen-bond donors (Lipinski definition) is 1. The van der Waals surface area contributed by atoms with Crippen LogP contribution in [-0.2, 0) is 0 Å². The van der Waals surface area contributed by atoms with Crippen molar-refractivity contribution in [2.24, 2.45) is 11.7 Å². The number of aromatic nitrogens is 1. The van der Waals surface area contributed by atoms with Gasteiger partial charge in [0.25, 0.3) is 5.91 Å². The van der Waals surface area contributed by atoms with E-state index in [1.807, 2.05) is 12.1 Å². The predicted molar refractivity (Wildman–Crippen MR) is 98.6 cm³/mol. The van der Waals surface area contributed by atoms with Crippen LogP contribution in [0.3, 0.4) is 0 Å². The van der Waals surface area contributed by atoms with Crippen LogP contribution >= 0.6 is 24.0 Å². The van der Waals surface area contributed by atoms with Gasteiger partial charge in [0.1, 0.15) is 5.69 Å². The topological polar surface area (TPSA) is 72.4 Å². The molecule has 1 amide bonds. The number of nitrogens with two attached hydrogens (primary N) is 1. The molecular weight excluding hydrogens is 349 g/mol. The van der Waals surface area contributed by atoms with Crippen LogP contribution in [0.4, 0.5) is 0 Å². The van der Waals surface area contributed by atoms with Crippen molar-refractivity contribution in [3.05, 3.63) is 41.1 Å². The molecule has 0 spiro atoms. The van der Waals surface area contributed by atoms with E-state index in [1.165, 1.54) is 0 Å². The van der Waals surface area contributed by atoms with Gasteiger partial charge in [0.2, 0.25) is 5.76 Å². The molecule has 0 aliphatic rings. The van der Waals surface area contributed by atoms with Gasteiger partial charge in [-0.1, -0.05) is 42.7 Å². The summed E-state index contributed by atoms with van der Waals surface area (Å²) >= 11 is 5.97. The molecule has 7 heteroatoms. The van der Waals surface area contributed by atoms with Crippen molar-refractivity contribution in [1.82, 2.24) is 10.1 Å². The first-order valence-corrected chi connectivity index (χ1v) is 8.00. The lowest BCUT2D eigenvalue weighted by Crippen LogP contribution is -2.34. The van der Waals surface area contributed by atoms with Crippen LogP contribution in [0.15, 0.2) is 34.9 Å². The first kappa shape index (κ1) is 20.5. The number of halogens is 2. The van der Waals surface area contributed by atoms with Crippen molar-refractivity contribution >= 4 is 29.9 Å². The number of hydrogen-bond acceptors (Lipinski definition) is 4. The van der Waals surface area contributed by atoms with Crippen LogP contribution in [0.5, 0.6) is 0 Å². The Balaban J connectivity index is 0.00000288. The number of carbonyl (C=O) groups excluding carboxylic acids is 1. The molecule has 2 rings (SSSR count). The van der Waals surface area contributed by atoms with Crippen molar-refractivity contribution in [3.8, 4) is 11.3 Å². The molecule has 0 saturated carbocycles. The molecule has 0 fully saturated rings. The lowest BCUT2D eigenvalue weighted by atomic mass is 10.0. The number of nitrogens with zero attached hydrogens (tertiary/aromatic N) is 2. The van der Waals surface area contributed by atoms with E-state index in [2.05, 4.69) is 19.0 Å². The third-order valence-electron chi connectivity index (χ3n) is 3.84. The van der Waals surface area contributed by atoms with Gasteiger partial charge in [0, 0.05) is 36.3 Å². The van der Waals surface area contributed by atoms with Gasteiger partial charge in [-0.2, -0.15) is 0 Å². The fraction of sp³-hybridized carbons (Fsp3) is 0.412. The van der Waals surface area contributed by atoms with Gasteiger partial charge in [-0.15, -0.1) is 12.4 Å². The van der Waals surface area contributed by atoms with E-state index >= 15 is 0 Å². The number of amides is 1. The van der Waals surface area contributed by atoms with E-state index < -0.39 is 0 Å². The Morgan fingerprint density at radius 1 is 1.38 bits per heavy atom. The summed E-state index contributed by atoms with van der Waals surface area (Å²) < 4.78 is 5.18. The molecule has 0 radical (unpaired) electrons. The van der Waals surface area contributed by atoms with Gasteiger partial charge < -0.3 is 15.2 Å². The van der Waals surface area contributed by atoms with Crippen LogP contribution in [0, 0.1) is 5.92 Å². The summed E-state index contributed by atoms with van der Waals surface area (Å²) in [5, 5.41) is 4.56. The molecule has 0 saturated heterocycles. The van der Waals surface area contributed by atoms with E-state index in [9.17, 15) is 4.79 Å². The van der Waals surface area contributed by atoms with Crippen molar-refractivity contribution in [1.29, 1.82) is 0 Å². The molecule has 24 heavy (non-hydrogen) atoms. The van der Waals surface area contributed by atoms with Crippen molar-refractivity contribution < 1.29 is 9.32 Å². The van der Waals surface area contributed by atoms with Gasteiger partial charge in [-0.3, -0.25) is 4.79 Å². The first-order valence-electron chi connectivity index (χ1n) is 7.62. The third kappa shape index (κ3) is 5.23. The Hall–Kier alpha value is -1.56. The average Bonchev–Trinajstić information content (AvgIpc) is 3.01. The van der Waals surface area contributed by atoms with E-state index in [-0.39, 0.29) is 30.1 Å². The monoisotopic (exact) mass is 371 g/mol. The molecule has 1 aromatic carbocycles. The quantitative estimate of drug-likeness (QED) is 0.836. The van der Waals surface area contributed by atoms with Gasteiger partial charge in [0.05, 0.1) is 0 Å². The maximum absolute atomic E-state index is 12.4. The fourth-order valence-corrected chi connectivity index (χ4v) is 2.32. The van der Waals surface area contributed by atoms with Crippen molar-refractivity contribution in [2.75, 3.05) is 13.6 Å². The summed E-state index contributed by atoms with van der Waals surface area (Å²) in [5.41, 5.74) is 7.41. The largest absolute Gasteiger partial charge is 0.350 e. The molecule has 0 aliphatic heterocycles. The Kier molecular flexibility index (Phi) is 7.73. The molecule has 1 atom stereocenters. The summed E-state index contributed by atoms with van der Waals surface area (Å²) in [5.74, 6) is 0.389. The summed E-state index contributed by atoms with van der Waals surface area (Å²) in [6.07, 6.45) is 0.745. The van der Waals surface area contributed by atoms with Crippen molar-refractivity contribution in [2.45, 2.75) is 26.3 Å². The Bertz CT molecular complexity index is 673. The molecule has 0 bridgehead atoms. The van der Waals surface area contributed by atoms with Crippen LogP contribution in [0.25, 0.3) is 11.3 Å². The van der Waals surface area contributed by atoms with Crippen LogP contribution in [-0.4, -0.2) is 35.6 Å². The molecule has 1 unspecified atom stereocenters. The SMILES string of the molecule is CC(C)C(N)CCN(C)C(=O)c1cc(-c2cccc(Cl)c2)no1.Cl. The highest BCUT2D eigenvalue weighted by Gasteiger charge is 2.19. The fourth-order valence-electron chi connectivity index (χ4n) is 2.13. The number of carbonyl (C=O) groups is 1. The Morgan fingerprint density at radius 3 is 2.71 bits per heavy atom. The highest BCUT2D eigenvalue weighted by molar-refractivity contribution is 6.30. The molecule has 0 aliphatic carbocycles. The Morgan fingerprint density at radius 2 is 2.08 bits per heavy atom. The first-order chi connectivity index (χ1) is 10.9. The summed E-state index contributed by atoms with van der Waals surface area (Å²) in [6.45, 7) is 4.71. The molecular formula is C17H23Cl2N3O2. The smallest absolute Gasteiger partial charge is 0.292 e. The molecule has 1 aromatic heterocycles. The zero-order valence-electron chi connectivity index (χ0n) is 14.0. The predicted octanol–water partition coefficient (Wildman–Crippen LogP) is 3.86. The zero-order valence-corrected chi connectivity index (χ0v) is 15.6. The number of rotatable bonds is 6. The van der Waals surface area contributed by atoms with Gasteiger partial charge >= 0.3 is 0 Å². The zero-order chi connectivity index (χ0) is 17.0. The van der Waals surface area contributed by atoms with E-state index in [0.29, 0.717) is 23.2 Å². The molecule has 5 nitrogen and oxygen atoms in total. The standard InChI is InChI=1S/C17H22ClN3O2.ClH/c1-11(2)14(19)7-8-21(3)17(22)16-10-15(20-23-16)12-5-4-6-13(18)9-12;/h4-6,9-11,14H,7-8,19H2,1-3H3;1H.